The van der Waals surface area contributed by atoms with Crippen molar-refractivity contribution in [3.63, 3.8) is 0 Å². The third-order valence-electron chi connectivity index (χ3n) is 6.95. The minimum Gasteiger partial charge on any atom is -0.465 e. The van der Waals surface area contributed by atoms with Gasteiger partial charge in [0.1, 0.15) is 6.73 Å². The highest BCUT2D eigenvalue weighted by atomic mass is 28.3. The van der Waals surface area contributed by atoms with Crippen LogP contribution in [-0.4, -0.2) is 78.6 Å². The first kappa shape index (κ1) is 25.2. The summed E-state index contributed by atoms with van der Waals surface area (Å²) in [6, 6.07) is 8.58. The summed E-state index contributed by atoms with van der Waals surface area (Å²) in [5, 5.41) is 10.2. The number of aromatic nitrogens is 1. The molecule has 0 radical (unpaired) electrons. The molecule has 3 heterocycles. The van der Waals surface area contributed by atoms with Gasteiger partial charge >= 0.3 is 12.1 Å². The topological polar surface area (TPSA) is 95.3 Å². The number of rotatable bonds is 8. The summed E-state index contributed by atoms with van der Waals surface area (Å²) in [5.74, 6) is 0.208. The summed E-state index contributed by atoms with van der Waals surface area (Å²) >= 11 is 0. The fraction of sp³-hybridized carbons (Fsp3) is 0.560. The van der Waals surface area contributed by atoms with E-state index in [2.05, 4.69) is 24.2 Å². The second kappa shape index (κ2) is 10.4. The molecule has 35 heavy (non-hydrogen) atoms. The highest BCUT2D eigenvalue weighted by molar-refractivity contribution is 6.76. The molecule has 0 saturated carbocycles. The lowest BCUT2D eigenvalue weighted by molar-refractivity contribution is -0.133. The molecular weight excluding hydrogens is 464 g/mol. The van der Waals surface area contributed by atoms with Crippen LogP contribution in [0.3, 0.4) is 0 Å². The SMILES string of the molecule is C[Si](C)(C)CCOCN1C(=O)CCN(c2cccc3c2ccn3CC2CCN(C(=O)O)CC2)C1=O. The average Bonchev–Trinajstić information content (AvgIpc) is 3.21. The molecule has 0 bridgehead atoms. The smallest absolute Gasteiger partial charge is 0.407 e. The minimum absolute atomic E-state index is 0.00925. The van der Waals surface area contributed by atoms with E-state index in [1.807, 2.05) is 30.5 Å². The van der Waals surface area contributed by atoms with Crippen molar-refractivity contribution in [1.29, 1.82) is 0 Å². The van der Waals surface area contributed by atoms with Gasteiger partial charge in [-0.2, -0.15) is 0 Å². The molecule has 9 nitrogen and oxygen atoms in total. The number of fused-ring (bicyclic) bond motifs is 1. The van der Waals surface area contributed by atoms with Gasteiger partial charge in [0, 0.05) is 58.9 Å². The van der Waals surface area contributed by atoms with Crippen LogP contribution in [0.2, 0.25) is 25.7 Å². The zero-order valence-electron chi connectivity index (χ0n) is 20.9. The van der Waals surface area contributed by atoms with Crippen molar-refractivity contribution in [3.05, 3.63) is 30.5 Å². The van der Waals surface area contributed by atoms with Crippen LogP contribution in [0, 0.1) is 5.92 Å². The molecule has 1 N–H and O–H groups in total. The predicted molar refractivity (Wildman–Crippen MR) is 137 cm³/mol. The first-order valence-corrected chi connectivity index (χ1v) is 16.1. The Labute approximate surface area is 207 Å². The number of hydrogen-bond donors (Lipinski definition) is 1. The molecule has 2 aliphatic rings. The zero-order valence-corrected chi connectivity index (χ0v) is 21.9. The second-order valence-corrected chi connectivity index (χ2v) is 16.4. The normalized spacial score (nSPS) is 18.1. The third kappa shape index (κ3) is 5.87. The van der Waals surface area contributed by atoms with Crippen LogP contribution < -0.4 is 4.90 Å². The fourth-order valence-corrected chi connectivity index (χ4v) is 5.52. The molecule has 4 rings (SSSR count). The second-order valence-electron chi connectivity index (χ2n) is 10.7. The molecule has 1 aromatic carbocycles. The number of piperidine rings is 1. The Bertz CT molecular complexity index is 1090. The first-order chi connectivity index (χ1) is 16.6. The van der Waals surface area contributed by atoms with Gasteiger partial charge in [0.15, 0.2) is 0 Å². The number of hydrogen-bond acceptors (Lipinski definition) is 4. The van der Waals surface area contributed by atoms with Gasteiger partial charge in [-0.1, -0.05) is 25.7 Å². The van der Waals surface area contributed by atoms with Crippen molar-refractivity contribution in [1.82, 2.24) is 14.4 Å². The molecule has 190 valence electrons. The number of anilines is 1. The van der Waals surface area contributed by atoms with Gasteiger partial charge in [0.05, 0.1) is 11.2 Å². The molecule has 0 aliphatic carbocycles. The number of imide groups is 1. The Hall–Kier alpha value is -2.85. The maximum Gasteiger partial charge on any atom is 0.407 e. The van der Waals surface area contributed by atoms with E-state index in [0.29, 0.717) is 32.2 Å². The number of ether oxygens (including phenoxy) is 1. The average molecular weight is 501 g/mol. The zero-order chi connectivity index (χ0) is 25.2. The van der Waals surface area contributed by atoms with Crippen molar-refractivity contribution in [2.45, 2.75) is 51.5 Å². The highest BCUT2D eigenvalue weighted by Gasteiger charge is 2.34. The molecule has 0 unspecified atom stereocenters. The van der Waals surface area contributed by atoms with Crippen LogP contribution in [0.15, 0.2) is 30.5 Å². The maximum atomic E-state index is 13.3. The van der Waals surface area contributed by atoms with Crippen LogP contribution in [0.5, 0.6) is 0 Å². The van der Waals surface area contributed by atoms with Gasteiger partial charge in [-0.25, -0.2) is 14.5 Å². The summed E-state index contributed by atoms with van der Waals surface area (Å²) < 4.78 is 7.91. The van der Waals surface area contributed by atoms with E-state index in [0.717, 1.165) is 42.0 Å². The van der Waals surface area contributed by atoms with Crippen molar-refractivity contribution in [2.24, 2.45) is 5.92 Å². The summed E-state index contributed by atoms with van der Waals surface area (Å²) in [4.78, 5) is 41.3. The molecular formula is C25H36N4O5Si. The lowest BCUT2D eigenvalue weighted by Crippen LogP contribution is -2.53. The minimum atomic E-state index is -1.25. The molecule has 2 aromatic rings. The summed E-state index contributed by atoms with van der Waals surface area (Å²) in [5.41, 5.74) is 1.83. The quantitative estimate of drug-likeness (QED) is 0.425. The summed E-state index contributed by atoms with van der Waals surface area (Å²) in [7, 11) is -1.25. The molecule has 1 aromatic heterocycles. The van der Waals surface area contributed by atoms with Gasteiger partial charge in [-0.05, 0) is 43.0 Å². The number of likely N-dealkylation sites (tertiary alicyclic amines) is 1. The van der Waals surface area contributed by atoms with Crippen molar-refractivity contribution >= 4 is 42.7 Å². The lowest BCUT2D eigenvalue weighted by atomic mass is 9.97. The van der Waals surface area contributed by atoms with Gasteiger partial charge in [0.2, 0.25) is 5.91 Å². The summed E-state index contributed by atoms with van der Waals surface area (Å²) in [6.07, 6.45) is 3.13. The van der Waals surface area contributed by atoms with Crippen LogP contribution >= 0.6 is 0 Å². The van der Waals surface area contributed by atoms with Crippen LogP contribution in [0.1, 0.15) is 19.3 Å². The molecule has 2 aliphatic heterocycles. The molecule has 2 fully saturated rings. The highest BCUT2D eigenvalue weighted by Crippen LogP contribution is 2.31. The Morgan fingerprint density at radius 1 is 1.11 bits per heavy atom. The number of nitrogens with zero attached hydrogens (tertiary/aromatic N) is 4. The number of urea groups is 1. The van der Waals surface area contributed by atoms with Crippen LogP contribution in [0.4, 0.5) is 15.3 Å². The Morgan fingerprint density at radius 2 is 1.86 bits per heavy atom. The molecule has 10 heteroatoms. The van der Waals surface area contributed by atoms with Crippen molar-refractivity contribution in [3.8, 4) is 0 Å². The van der Waals surface area contributed by atoms with Gasteiger partial charge in [-0.15, -0.1) is 0 Å². The van der Waals surface area contributed by atoms with Gasteiger partial charge < -0.3 is 19.3 Å². The van der Waals surface area contributed by atoms with E-state index in [9.17, 15) is 19.5 Å². The van der Waals surface area contributed by atoms with E-state index < -0.39 is 14.2 Å². The third-order valence-corrected chi connectivity index (χ3v) is 8.65. The molecule has 0 spiro atoms. The van der Waals surface area contributed by atoms with Gasteiger partial charge in [0.25, 0.3) is 0 Å². The summed E-state index contributed by atoms with van der Waals surface area (Å²) in [6.45, 7) is 9.63. The van der Waals surface area contributed by atoms with Crippen molar-refractivity contribution in [2.75, 3.05) is 37.9 Å². The first-order valence-electron chi connectivity index (χ1n) is 12.4. The van der Waals surface area contributed by atoms with E-state index in [1.165, 1.54) is 9.80 Å². The van der Waals surface area contributed by atoms with E-state index in [1.54, 1.807) is 4.90 Å². The lowest BCUT2D eigenvalue weighted by Gasteiger charge is -2.34. The fourth-order valence-electron chi connectivity index (χ4n) is 4.76. The number of carbonyl (C=O) groups is 3. The van der Waals surface area contributed by atoms with Gasteiger partial charge in [-0.3, -0.25) is 9.69 Å². The Balaban J connectivity index is 1.46. The Kier molecular flexibility index (Phi) is 7.51. The maximum absolute atomic E-state index is 13.3. The monoisotopic (exact) mass is 500 g/mol. The molecule has 2 saturated heterocycles. The van der Waals surface area contributed by atoms with E-state index in [-0.39, 0.29) is 25.1 Å². The number of amides is 4. The molecule has 4 amide bonds. The van der Waals surface area contributed by atoms with Crippen molar-refractivity contribution < 1.29 is 24.2 Å². The van der Waals surface area contributed by atoms with E-state index in [4.69, 9.17) is 4.74 Å². The number of carboxylic acid groups (broad SMARTS) is 1. The van der Waals surface area contributed by atoms with Crippen LogP contribution in [0.25, 0.3) is 10.9 Å². The predicted octanol–water partition coefficient (Wildman–Crippen LogP) is 4.50. The number of carbonyl (C=O) groups excluding carboxylic acids is 2. The Morgan fingerprint density at radius 3 is 2.54 bits per heavy atom. The number of benzene rings is 1. The van der Waals surface area contributed by atoms with Crippen LogP contribution in [-0.2, 0) is 16.1 Å². The van der Waals surface area contributed by atoms with E-state index >= 15 is 0 Å². The standard InChI is InChI=1S/C25H36N4O5Si/c1-35(2,3)16-15-34-18-29-23(30)10-14-28(24(29)31)22-6-4-5-21-20(22)9-13-27(21)17-19-7-11-26(12-8-19)25(32)33/h4-6,9,13,19H,7-8,10-12,14-18H2,1-3H3,(H,32,33). The largest absolute Gasteiger partial charge is 0.465 e. The molecule has 0 atom stereocenters.